The van der Waals surface area contributed by atoms with E-state index in [1.165, 1.54) is 12.5 Å². The second kappa shape index (κ2) is 6.41. The first-order chi connectivity index (χ1) is 9.99. The largest absolute Gasteiger partial charge is 0.489 e. The van der Waals surface area contributed by atoms with E-state index >= 15 is 0 Å². The lowest BCUT2D eigenvalue weighted by atomic mass is 10.2. The van der Waals surface area contributed by atoms with Gasteiger partial charge in [0.25, 0.3) is 0 Å². The maximum Gasteiger partial charge on any atom is 0.175 e. The zero-order chi connectivity index (χ0) is 15.3. The van der Waals surface area contributed by atoms with E-state index in [2.05, 4.69) is 5.16 Å². The van der Waals surface area contributed by atoms with Crippen LogP contribution < -0.4 is 4.74 Å². The molecule has 0 unspecified atom stereocenters. The number of hydrogen-bond donors (Lipinski definition) is 1. The first-order valence-corrected chi connectivity index (χ1v) is 8.07. The molecule has 5 nitrogen and oxygen atoms in total. The first kappa shape index (κ1) is 15.1. The third kappa shape index (κ3) is 4.32. The topological polar surface area (TPSA) is 76.0 Å². The Morgan fingerprint density at radius 2 is 1.71 bits per heavy atom. The van der Waals surface area contributed by atoms with E-state index in [-0.39, 0.29) is 0 Å². The van der Waals surface area contributed by atoms with E-state index in [4.69, 9.17) is 9.94 Å². The van der Waals surface area contributed by atoms with Crippen molar-refractivity contribution in [2.45, 2.75) is 11.5 Å². The smallest absolute Gasteiger partial charge is 0.175 e. The van der Waals surface area contributed by atoms with Crippen molar-refractivity contribution >= 4 is 16.1 Å². The molecule has 0 aliphatic heterocycles. The highest BCUT2D eigenvalue weighted by Gasteiger charge is 2.06. The Labute approximate surface area is 123 Å². The Morgan fingerprint density at radius 3 is 2.24 bits per heavy atom. The average Bonchev–Trinajstić information content (AvgIpc) is 2.46. The molecule has 0 saturated carbocycles. The summed E-state index contributed by atoms with van der Waals surface area (Å²) in [5.74, 6) is 0.678. The van der Waals surface area contributed by atoms with Crippen molar-refractivity contribution in [1.29, 1.82) is 0 Å². The molecule has 0 spiro atoms. The summed E-state index contributed by atoms with van der Waals surface area (Å²) >= 11 is 0. The highest BCUT2D eigenvalue weighted by atomic mass is 32.2. The maximum atomic E-state index is 11.3. The van der Waals surface area contributed by atoms with Gasteiger partial charge in [-0.3, -0.25) is 0 Å². The van der Waals surface area contributed by atoms with Gasteiger partial charge in [-0.1, -0.05) is 17.3 Å². The Morgan fingerprint density at radius 1 is 1.10 bits per heavy atom. The standard InChI is InChI=1S/C15H15NO4S/c1-21(18,19)15-8-4-13(5-9-15)11-20-14-6-2-12(3-7-14)10-16-17/h2-10,17H,11H2,1H3/b16-10+. The molecule has 0 fully saturated rings. The maximum absolute atomic E-state index is 11.3. The van der Waals surface area contributed by atoms with Crippen molar-refractivity contribution in [3.05, 3.63) is 59.7 Å². The fourth-order valence-corrected chi connectivity index (χ4v) is 2.35. The molecule has 0 aliphatic carbocycles. The van der Waals surface area contributed by atoms with Gasteiger partial charge in [0.1, 0.15) is 12.4 Å². The number of benzene rings is 2. The van der Waals surface area contributed by atoms with E-state index in [0.29, 0.717) is 17.3 Å². The number of oxime groups is 1. The van der Waals surface area contributed by atoms with E-state index in [1.807, 2.05) is 0 Å². The van der Waals surface area contributed by atoms with Gasteiger partial charge in [-0.25, -0.2) is 8.42 Å². The quantitative estimate of drug-likeness (QED) is 0.523. The summed E-state index contributed by atoms with van der Waals surface area (Å²) in [5, 5.41) is 11.4. The second-order valence-electron chi connectivity index (χ2n) is 4.52. The number of rotatable bonds is 5. The van der Waals surface area contributed by atoms with Crippen LogP contribution in [0, 0.1) is 0 Å². The summed E-state index contributed by atoms with van der Waals surface area (Å²) in [5.41, 5.74) is 1.64. The van der Waals surface area contributed by atoms with Crippen molar-refractivity contribution in [3.8, 4) is 5.75 Å². The SMILES string of the molecule is CS(=O)(=O)c1ccc(COc2ccc(/C=N/O)cc2)cc1. The van der Waals surface area contributed by atoms with Crippen molar-refractivity contribution < 1.29 is 18.4 Å². The molecule has 2 aromatic carbocycles. The minimum absolute atomic E-state index is 0.291. The van der Waals surface area contributed by atoms with Gasteiger partial charge in [0.05, 0.1) is 11.1 Å². The van der Waals surface area contributed by atoms with Crippen LogP contribution in [0.2, 0.25) is 0 Å². The van der Waals surface area contributed by atoms with Crippen LogP contribution in [-0.2, 0) is 16.4 Å². The fourth-order valence-electron chi connectivity index (χ4n) is 1.72. The molecule has 2 aromatic rings. The average molecular weight is 305 g/mol. The van der Waals surface area contributed by atoms with Gasteiger partial charge in [0.2, 0.25) is 0 Å². The molecule has 0 heterocycles. The van der Waals surface area contributed by atoms with Gasteiger partial charge in [-0.05, 0) is 47.5 Å². The summed E-state index contributed by atoms with van der Waals surface area (Å²) in [4.78, 5) is 0.291. The third-order valence-corrected chi connectivity index (χ3v) is 3.97. The Hall–Kier alpha value is -2.34. The normalized spacial score (nSPS) is 11.7. The highest BCUT2D eigenvalue weighted by Crippen LogP contribution is 2.15. The van der Waals surface area contributed by atoms with Crippen LogP contribution in [-0.4, -0.2) is 26.1 Å². The van der Waals surface area contributed by atoms with Crippen LogP contribution in [0.3, 0.4) is 0 Å². The predicted molar refractivity (Wildman–Crippen MR) is 79.7 cm³/mol. The fraction of sp³-hybridized carbons (Fsp3) is 0.133. The summed E-state index contributed by atoms with van der Waals surface area (Å²) in [6.45, 7) is 0.345. The molecule has 0 aromatic heterocycles. The van der Waals surface area contributed by atoms with Crippen LogP contribution in [0.25, 0.3) is 0 Å². The summed E-state index contributed by atoms with van der Waals surface area (Å²) in [6, 6.07) is 13.6. The van der Waals surface area contributed by atoms with Gasteiger partial charge in [-0.15, -0.1) is 0 Å². The van der Waals surface area contributed by atoms with Gasteiger partial charge in [-0.2, -0.15) is 0 Å². The second-order valence-corrected chi connectivity index (χ2v) is 6.53. The van der Waals surface area contributed by atoms with Gasteiger partial charge < -0.3 is 9.94 Å². The van der Waals surface area contributed by atoms with Crippen LogP contribution in [0.15, 0.2) is 58.6 Å². The number of hydrogen-bond acceptors (Lipinski definition) is 5. The third-order valence-electron chi connectivity index (χ3n) is 2.84. The minimum atomic E-state index is -3.17. The molecular weight excluding hydrogens is 290 g/mol. The van der Waals surface area contributed by atoms with Crippen LogP contribution in [0.5, 0.6) is 5.75 Å². The van der Waals surface area contributed by atoms with E-state index in [0.717, 1.165) is 11.1 Å². The Balaban J connectivity index is 1.99. The lowest BCUT2D eigenvalue weighted by Crippen LogP contribution is -1.99. The molecule has 6 heteroatoms. The zero-order valence-corrected chi connectivity index (χ0v) is 12.2. The van der Waals surface area contributed by atoms with Gasteiger partial charge in [0.15, 0.2) is 9.84 Å². The molecular formula is C15H15NO4S. The summed E-state index contributed by atoms with van der Waals surface area (Å²) < 4.78 is 28.3. The molecule has 0 saturated heterocycles. The molecule has 0 aliphatic rings. The number of nitrogens with zero attached hydrogens (tertiary/aromatic N) is 1. The molecule has 2 rings (SSSR count). The monoisotopic (exact) mass is 305 g/mol. The number of sulfone groups is 1. The van der Waals surface area contributed by atoms with Crippen molar-refractivity contribution in [2.75, 3.05) is 6.26 Å². The van der Waals surface area contributed by atoms with Crippen LogP contribution in [0.1, 0.15) is 11.1 Å². The molecule has 0 radical (unpaired) electrons. The van der Waals surface area contributed by atoms with Crippen molar-refractivity contribution in [2.24, 2.45) is 5.16 Å². The summed E-state index contributed by atoms with van der Waals surface area (Å²) in [6.07, 6.45) is 2.50. The Kier molecular flexibility index (Phi) is 4.59. The first-order valence-electron chi connectivity index (χ1n) is 6.18. The lowest BCUT2D eigenvalue weighted by Gasteiger charge is -2.07. The summed E-state index contributed by atoms with van der Waals surface area (Å²) in [7, 11) is -3.17. The molecule has 1 N–H and O–H groups in total. The van der Waals surface area contributed by atoms with E-state index in [1.54, 1.807) is 48.5 Å². The van der Waals surface area contributed by atoms with Crippen LogP contribution in [0.4, 0.5) is 0 Å². The molecule has 110 valence electrons. The zero-order valence-electron chi connectivity index (χ0n) is 11.4. The molecule has 21 heavy (non-hydrogen) atoms. The van der Waals surface area contributed by atoms with E-state index in [9.17, 15) is 8.42 Å². The highest BCUT2D eigenvalue weighted by molar-refractivity contribution is 7.90. The van der Waals surface area contributed by atoms with Crippen molar-refractivity contribution in [3.63, 3.8) is 0 Å². The van der Waals surface area contributed by atoms with Gasteiger partial charge >= 0.3 is 0 Å². The molecule has 0 atom stereocenters. The van der Waals surface area contributed by atoms with Crippen LogP contribution >= 0.6 is 0 Å². The number of ether oxygens (including phenoxy) is 1. The van der Waals surface area contributed by atoms with Crippen molar-refractivity contribution in [1.82, 2.24) is 0 Å². The molecule has 0 amide bonds. The molecule has 0 bridgehead atoms. The predicted octanol–water partition coefficient (Wildman–Crippen LogP) is 2.48. The van der Waals surface area contributed by atoms with E-state index < -0.39 is 9.84 Å². The lowest BCUT2D eigenvalue weighted by molar-refractivity contribution is 0.306. The van der Waals surface area contributed by atoms with Gasteiger partial charge in [0, 0.05) is 6.26 Å². The minimum Gasteiger partial charge on any atom is -0.489 e. The Bertz CT molecular complexity index is 719.